The summed E-state index contributed by atoms with van der Waals surface area (Å²) in [6, 6.07) is 1.65. The third-order valence-corrected chi connectivity index (χ3v) is 4.59. The van der Waals surface area contributed by atoms with Gasteiger partial charge in [0.15, 0.2) is 0 Å². The molecule has 1 aliphatic heterocycles. The number of carbonyl (C=O) groups excluding carboxylic acids is 1. The maximum Gasteiger partial charge on any atom is 0.268 e. The van der Waals surface area contributed by atoms with Crippen LogP contribution in [0.5, 0.6) is 0 Å². The highest BCUT2D eigenvalue weighted by Gasteiger charge is 2.25. The lowest BCUT2D eigenvalue weighted by molar-refractivity contribution is -0.125. The fourth-order valence-corrected chi connectivity index (χ4v) is 3.12. The number of hydrogen-bond donors (Lipinski definition) is 1. The smallest absolute Gasteiger partial charge is 0.268 e. The van der Waals surface area contributed by atoms with E-state index in [4.69, 9.17) is 4.74 Å². The van der Waals surface area contributed by atoms with Gasteiger partial charge in [-0.15, -0.1) is 0 Å². The molecular weight excluding hydrogens is 332 g/mol. The van der Waals surface area contributed by atoms with Gasteiger partial charge in [-0.25, -0.2) is 4.68 Å². The Labute approximate surface area is 155 Å². The van der Waals surface area contributed by atoms with E-state index in [1.54, 1.807) is 12.3 Å². The number of piperidine rings is 1. The average molecular weight is 364 g/mol. The number of aryl methyl sites for hydroxylation is 1. The van der Waals surface area contributed by atoms with Gasteiger partial charge in [-0.3, -0.25) is 9.59 Å². The zero-order valence-electron chi connectivity index (χ0n) is 16.2. The maximum absolute atomic E-state index is 12.3. The zero-order chi connectivity index (χ0) is 18.9. The molecule has 146 valence electrons. The van der Waals surface area contributed by atoms with E-state index < -0.39 is 0 Å². The molecule has 0 radical (unpaired) electrons. The molecule has 1 saturated heterocycles. The van der Waals surface area contributed by atoms with Crippen LogP contribution in [0.4, 0.5) is 5.69 Å². The van der Waals surface area contributed by atoms with E-state index >= 15 is 0 Å². The predicted molar refractivity (Wildman–Crippen MR) is 102 cm³/mol. The molecule has 0 atom stereocenters. The van der Waals surface area contributed by atoms with Gasteiger partial charge in [0.05, 0.1) is 18.0 Å². The number of anilines is 1. The second-order valence-corrected chi connectivity index (χ2v) is 7.10. The number of rotatable bonds is 9. The van der Waals surface area contributed by atoms with Crippen molar-refractivity contribution in [2.45, 2.75) is 59.1 Å². The minimum atomic E-state index is -0.0622. The van der Waals surface area contributed by atoms with E-state index in [0.717, 1.165) is 44.5 Å². The van der Waals surface area contributed by atoms with Gasteiger partial charge in [-0.2, -0.15) is 5.10 Å². The van der Waals surface area contributed by atoms with Gasteiger partial charge in [0.2, 0.25) is 5.91 Å². The van der Waals surface area contributed by atoms with Crippen LogP contribution in [-0.2, 0) is 16.1 Å². The summed E-state index contributed by atoms with van der Waals surface area (Å²) in [5.41, 5.74) is 0.792. The molecule has 2 heterocycles. The van der Waals surface area contributed by atoms with E-state index in [-0.39, 0.29) is 23.5 Å². The van der Waals surface area contributed by atoms with Crippen LogP contribution in [0.3, 0.4) is 0 Å². The predicted octanol–water partition coefficient (Wildman–Crippen LogP) is 1.80. The van der Waals surface area contributed by atoms with Crippen molar-refractivity contribution in [2.24, 2.45) is 5.92 Å². The highest BCUT2D eigenvalue weighted by Crippen LogP contribution is 2.22. The largest absolute Gasteiger partial charge is 0.379 e. The van der Waals surface area contributed by atoms with Crippen LogP contribution in [-0.4, -0.2) is 48.0 Å². The van der Waals surface area contributed by atoms with Crippen LogP contribution in [0.2, 0.25) is 0 Å². The van der Waals surface area contributed by atoms with Crippen molar-refractivity contribution in [3.05, 3.63) is 22.6 Å². The number of ether oxygens (including phenoxy) is 1. The SMILES string of the molecule is CCCn1ncc(N2CCC(C(=O)NCCCOC(C)C)CC2)cc1=O. The summed E-state index contributed by atoms with van der Waals surface area (Å²) in [6.07, 6.45) is 5.30. The highest BCUT2D eigenvalue weighted by molar-refractivity contribution is 5.78. The molecule has 0 saturated carbocycles. The lowest BCUT2D eigenvalue weighted by atomic mass is 9.95. The lowest BCUT2D eigenvalue weighted by Crippen LogP contribution is -2.41. The maximum atomic E-state index is 12.3. The molecular formula is C19H32N4O3. The molecule has 0 bridgehead atoms. The van der Waals surface area contributed by atoms with Crippen molar-refractivity contribution in [1.29, 1.82) is 0 Å². The number of amides is 1. The first-order valence-electron chi connectivity index (χ1n) is 9.72. The Hall–Kier alpha value is -1.89. The van der Waals surface area contributed by atoms with Gasteiger partial charge in [-0.05, 0) is 39.5 Å². The normalized spacial score (nSPS) is 15.5. The standard InChI is InChI=1S/C19H32N4O3/c1-4-9-23-18(24)13-17(14-21-23)22-10-6-16(7-11-22)19(25)20-8-5-12-26-15(2)3/h13-16H,4-12H2,1-3H3,(H,20,25). The van der Waals surface area contributed by atoms with Gasteiger partial charge in [0.25, 0.3) is 5.56 Å². The monoisotopic (exact) mass is 364 g/mol. The Balaban J connectivity index is 1.75. The second kappa shape index (κ2) is 10.3. The van der Waals surface area contributed by atoms with Gasteiger partial charge in [0.1, 0.15) is 0 Å². The molecule has 1 N–H and O–H groups in total. The van der Waals surface area contributed by atoms with Gasteiger partial charge in [-0.1, -0.05) is 6.92 Å². The third-order valence-electron chi connectivity index (χ3n) is 4.59. The lowest BCUT2D eigenvalue weighted by Gasteiger charge is -2.32. The molecule has 0 spiro atoms. The Morgan fingerprint density at radius 3 is 2.73 bits per heavy atom. The summed E-state index contributed by atoms with van der Waals surface area (Å²) >= 11 is 0. The molecule has 0 aromatic carbocycles. The fraction of sp³-hybridized carbons (Fsp3) is 0.737. The molecule has 1 aliphatic rings. The van der Waals surface area contributed by atoms with Crippen molar-refractivity contribution >= 4 is 11.6 Å². The summed E-state index contributed by atoms with van der Waals surface area (Å²) in [6.45, 7) is 9.55. The third kappa shape index (κ3) is 6.12. The van der Waals surface area contributed by atoms with Gasteiger partial charge < -0.3 is 15.0 Å². The molecule has 7 nitrogen and oxygen atoms in total. The molecule has 2 rings (SSSR count). The van der Waals surface area contributed by atoms with E-state index in [0.29, 0.717) is 19.7 Å². The van der Waals surface area contributed by atoms with Gasteiger partial charge >= 0.3 is 0 Å². The van der Waals surface area contributed by atoms with Crippen molar-refractivity contribution < 1.29 is 9.53 Å². The molecule has 1 aromatic heterocycles. The van der Waals surface area contributed by atoms with Crippen molar-refractivity contribution in [3.63, 3.8) is 0 Å². The zero-order valence-corrected chi connectivity index (χ0v) is 16.2. The van der Waals surface area contributed by atoms with Crippen LogP contribution >= 0.6 is 0 Å². The number of carbonyl (C=O) groups is 1. The van der Waals surface area contributed by atoms with Crippen molar-refractivity contribution in [2.75, 3.05) is 31.1 Å². The highest BCUT2D eigenvalue weighted by atomic mass is 16.5. The minimum Gasteiger partial charge on any atom is -0.379 e. The van der Waals surface area contributed by atoms with Crippen LogP contribution in [0.25, 0.3) is 0 Å². The minimum absolute atomic E-state index is 0.0469. The number of nitrogens with zero attached hydrogens (tertiary/aromatic N) is 3. The molecule has 1 fully saturated rings. The van der Waals surface area contributed by atoms with Gasteiger partial charge in [0, 0.05) is 44.8 Å². The summed E-state index contributed by atoms with van der Waals surface area (Å²) in [7, 11) is 0. The first-order valence-corrected chi connectivity index (χ1v) is 9.72. The quantitative estimate of drug-likeness (QED) is 0.676. The second-order valence-electron chi connectivity index (χ2n) is 7.10. The Morgan fingerprint density at radius 1 is 1.38 bits per heavy atom. The topological polar surface area (TPSA) is 76.5 Å². The number of hydrogen-bond acceptors (Lipinski definition) is 5. The van der Waals surface area contributed by atoms with E-state index in [9.17, 15) is 9.59 Å². The summed E-state index contributed by atoms with van der Waals surface area (Å²) in [5, 5.41) is 7.25. The van der Waals surface area contributed by atoms with E-state index in [1.165, 1.54) is 4.68 Å². The van der Waals surface area contributed by atoms with Crippen LogP contribution in [0.1, 0.15) is 46.5 Å². The Bertz CT molecular complexity index is 621. The van der Waals surface area contributed by atoms with E-state index in [2.05, 4.69) is 15.3 Å². The molecule has 26 heavy (non-hydrogen) atoms. The molecule has 1 aromatic rings. The van der Waals surface area contributed by atoms with E-state index in [1.807, 2.05) is 20.8 Å². The van der Waals surface area contributed by atoms with Crippen molar-refractivity contribution in [3.8, 4) is 0 Å². The summed E-state index contributed by atoms with van der Waals surface area (Å²) in [4.78, 5) is 26.5. The van der Waals surface area contributed by atoms with Crippen LogP contribution in [0.15, 0.2) is 17.1 Å². The average Bonchev–Trinajstić information content (AvgIpc) is 2.63. The summed E-state index contributed by atoms with van der Waals surface area (Å²) in [5.74, 6) is 0.177. The first-order chi connectivity index (χ1) is 12.5. The molecule has 1 amide bonds. The Kier molecular flexibility index (Phi) is 8.09. The molecule has 0 unspecified atom stereocenters. The summed E-state index contributed by atoms with van der Waals surface area (Å²) < 4.78 is 6.97. The van der Waals surface area contributed by atoms with Crippen molar-refractivity contribution in [1.82, 2.24) is 15.1 Å². The number of nitrogens with one attached hydrogen (secondary N) is 1. The fourth-order valence-electron chi connectivity index (χ4n) is 3.12. The van der Waals surface area contributed by atoms with Crippen LogP contribution in [0, 0.1) is 5.92 Å². The Morgan fingerprint density at radius 2 is 2.12 bits per heavy atom. The first kappa shape index (κ1) is 20.4. The molecule has 7 heteroatoms. The number of aromatic nitrogens is 2. The van der Waals surface area contributed by atoms with Crippen LogP contribution < -0.4 is 15.8 Å². The molecule has 0 aliphatic carbocycles.